The van der Waals surface area contributed by atoms with Crippen molar-refractivity contribution in [3.63, 3.8) is 0 Å². The topological polar surface area (TPSA) is 66.5 Å². The lowest BCUT2D eigenvalue weighted by Gasteiger charge is -2.32. The number of carbonyl (C=O) groups excluding carboxylic acids is 3. The predicted octanol–water partition coefficient (Wildman–Crippen LogP) is 2.29. The second-order valence-corrected chi connectivity index (χ2v) is 5.95. The highest BCUT2D eigenvalue weighted by atomic mass is 127. The van der Waals surface area contributed by atoms with Crippen LogP contribution in [0.1, 0.15) is 13.8 Å². The van der Waals surface area contributed by atoms with Crippen LogP contribution in [0, 0.1) is 21.2 Å². The standard InChI is InChI=1S/C13H12FIN2O3/c1-6(2)10-11(18)16-13(20)17(12(10)19)9-4-3-7(14)5-8(9)15/h3-6,10H,1-2H3,(H,16,18,20). The Balaban J connectivity index is 2.46. The van der Waals surface area contributed by atoms with Crippen LogP contribution in [0.4, 0.5) is 14.9 Å². The number of halogens is 2. The molecule has 0 aromatic heterocycles. The number of nitrogens with one attached hydrogen (secondary N) is 1. The molecule has 1 saturated heterocycles. The summed E-state index contributed by atoms with van der Waals surface area (Å²) < 4.78 is 13.5. The molecule has 20 heavy (non-hydrogen) atoms. The number of urea groups is 1. The normalized spacial score (nSPS) is 19.6. The van der Waals surface area contributed by atoms with Crippen LogP contribution < -0.4 is 10.2 Å². The molecule has 5 nitrogen and oxygen atoms in total. The first-order valence-corrected chi connectivity index (χ1v) is 7.04. The Morgan fingerprint density at radius 3 is 2.50 bits per heavy atom. The molecular formula is C13H12FIN2O3. The zero-order chi connectivity index (χ0) is 15.0. The highest BCUT2D eigenvalue weighted by Gasteiger charge is 2.43. The number of hydrogen-bond acceptors (Lipinski definition) is 3. The van der Waals surface area contributed by atoms with Crippen LogP contribution in [0.25, 0.3) is 0 Å². The van der Waals surface area contributed by atoms with Gasteiger partial charge in [0.15, 0.2) is 0 Å². The molecule has 0 aliphatic carbocycles. The van der Waals surface area contributed by atoms with E-state index in [1.807, 2.05) is 22.6 Å². The van der Waals surface area contributed by atoms with E-state index in [1.165, 1.54) is 18.2 Å². The van der Waals surface area contributed by atoms with E-state index in [4.69, 9.17) is 0 Å². The number of imide groups is 2. The molecule has 106 valence electrons. The van der Waals surface area contributed by atoms with Gasteiger partial charge in [-0.1, -0.05) is 13.8 Å². The smallest absolute Gasteiger partial charge is 0.277 e. The summed E-state index contributed by atoms with van der Waals surface area (Å²) in [6.07, 6.45) is 0. The Hall–Kier alpha value is -1.51. The number of anilines is 1. The molecule has 1 aromatic rings. The number of hydrogen-bond donors (Lipinski definition) is 1. The molecule has 0 bridgehead atoms. The quantitative estimate of drug-likeness (QED) is 0.623. The first kappa shape index (κ1) is 14.9. The monoisotopic (exact) mass is 390 g/mol. The molecule has 1 unspecified atom stereocenters. The highest BCUT2D eigenvalue weighted by Crippen LogP contribution is 2.28. The largest absolute Gasteiger partial charge is 0.335 e. The number of rotatable bonds is 2. The zero-order valence-corrected chi connectivity index (χ0v) is 13.0. The van der Waals surface area contributed by atoms with Gasteiger partial charge in [-0.2, -0.15) is 0 Å². The van der Waals surface area contributed by atoms with Crippen molar-refractivity contribution in [1.29, 1.82) is 0 Å². The Bertz CT molecular complexity index is 603. The molecule has 1 aliphatic rings. The molecule has 1 N–H and O–H groups in total. The van der Waals surface area contributed by atoms with Crippen molar-refractivity contribution >= 4 is 46.1 Å². The fraction of sp³-hybridized carbons (Fsp3) is 0.308. The molecule has 1 heterocycles. The van der Waals surface area contributed by atoms with Crippen molar-refractivity contribution < 1.29 is 18.8 Å². The lowest BCUT2D eigenvalue weighted by atomic mass is 9.92. The van der Waals surface area contributed by atoms with Crippen LogP contribution in [0.15, 0.2) is 18.2 Å². The summed E-state index contributed by atoms with van der Waals surface area (Å²) in [6.45, 7) is 3.46. The predicted molar refractivity (Wildman–Crippen MR) is 78.5 cm³/mol. The maximum atomic E-state index is 13.1. The van der Waals surface area contributed by atoms with E-state index in [2.05, 4.69) is 5.32 Å². The molecule has 7 heteroatoms. The Morgan fingerprint density at radius 2 is 1.95 bits per heavy atom. The summed E-state index contributed by atoms with van der Waals surface area (Å²) in [5, 5.41) is 2.16. The Kier molecular flexibility index (Phi) is 4.07. The number of nitrogens with zero attached hydrogens (tertiary/aromatic N) is 1. The van der Waals surface area contributed by atoms with E-state index in [0.717, 1.165) is 4.90 Å². The summed E-state index contributed by atoms with van der Waals surface area (Å²) in [7, 11) is 0. The maximum Gasteiger partial charge on any atom is 0.335 e. The van der Waals surface area contributed by atoms with Crippen LogP contribution in [0.5, 0.6) is 0 Å². The molecule has 2 rings (SSSR count). The van der Waals surface area contributed by atoms with Crippen LogP contribution in [0.3, 0.4) is 0 Å². The number of benzene rings is 1. The van der Waals surface area contributed by atoms with Crippen molar-refractivity contribution in [3.8, 4) is 0 Å². The average Bonchev–Trinajstić information content (AvgIpc) is 2.30. The van der Waals surface area contributed by atoms with Crippen LogP contribution >= 0.6 is 22.6 Å². The molecule has 4 amide bonds. The van der Waals surface area contributed by atoms with Crippen LogP contribution in [-0.4, -0.2) is 17.8 Å². The molecule has 0 saturated carbocycles. The third-order valence-electron chi connectivity index (χ3n) is 3.02. The molecule has 0 radical (unpaired) electrons. The van der Waals surface area contributed by atoms with Crippen LogP contribution in [0.2, 0.25) is 0 Å². The van der Waals surface area contributed by atoms with Gasteiger partial charge < -0.3 is 0 Å². The summed E-state index contributed by atoms with van der Waals surface area (Å²) in [4.78, 5) is 36.9. The number of amides is 4. The minimum Gasteiger partial charge on any atom is -0.277 e. The third-order valence-corrected chi connectivity index (χ3v) is 3.88. The van der Waals surface area contributed by atoms with Gasteiger partial charge in [0.05, 0.1) is 5.69 Å². The van der Waals surface area contributed by atoms with Gasteiger partial charge in [0.2, 0.25) is 11.8 Å². The number of barbiturate groups is 1. The summed E-state index contributed by atoms with van der Waals surface area (Å²) in [6, 6.07) is 2.93. The fourth-order valence-electron chi connectivity index (χ4n) is 2.07. The molecule has 1 atom stereocenters. The maximum absolute atomic E-state index is 13.1. The molecule has 0 spiro atoms. The summed E-state index contributed by atoms with van der Waals surface area (Å²) in [5.74, 6) is -2.80. The van der Waals surface area contributed by atoms with Crippen molar-refractivity contribution in [2.24, 2.45) is 11.8 Å². The van der Waals surface area contributed by atoms with E-state index in [1.54, 1.807) is 13.8 Å². The van der Waals surface area contributed by atoms with Gasteiger partial charge >= 0.3 is 6.03 Å². The summed E-state index contributed by atoms with van der Waals surface area (Å²) in [5.41, 5.74) is 0.271. The van der Waals surface area contributed by atoms with E-state index in [9.17, 15) is 18.8 Å². The summed E-state index contributed by atoms with van der Waals surface area (Å²) >= 11 is 1.84. The van der Waals surface area contributed by atoms with Crippen molar-refractivity contribution in [1.82, 2.24) is 5.32 Å². The third kappa shape index (κ3) is 2.54. The van der Waals surface area contributed by atoms with Gasteiger partial charge in [-0.15, -0.1) is 0 Å². The average molecular weight is 390 g/mol. The SMILES string of the molecule is CC(C)C1C(=O)NC(=O)N(c2ccc(F)cc2I)C1=O. The fourth-order valence-corrected chi connectivity index (χ4v) is 2.79. The van der Waals surface area contributed by atoms with E-state index in [-0.39, 0.29) is 11.6 Å². The van der Waals surface area contributed by atoms with E-state index < -0.39 is 29.6 Å². The molecule has 1 fully saturated rings. The second kappa shape index (κ2) is 5.47. The lowest BCUT2D eigenvalue weighted by Crippen LogP contribution is -2.59. The molecule has 1 aromatic carbocycles. The van der Waals surface area contributed by atoms with Crippen molar-refractivity contribution in [3.05, 3.63) is 27.6 Å². The molecule has 1 aliphatic heterocycles. The molecular weight excluding hydrogens is 378 g/mol. The second-order valence-electron chi connectivity index (χ2n) is 4.79. The van der Waals surface area contributed by atoms with Gasteiger partial charge in [-0.25, -0.2) is 14.1 Å². The van der Waals surface area contributed by atoms with E-state index >= 15 is 0 Å². The van der Waals surface area contributed by atoms with Gasteiger partial charge in [-0.3, -0.25) is 14.9 Å². The lowest BCUT2D eigenvalue weighted by molar-refractivity contribution is -0.136. The first-order chi connectivity index (χ1) is 9.32. The van der Waals surface area contributed by atoms with Crippen LogP contribution in [-0.2, 0) is 9.59 Å². The minimum absolute atomic E-state index is 0.240. The Morgan fingerprint density at radius 1 is 1.30 bits per heavy atom. The van der Waals surface area contributed by atoms with Crippen molar-refractivity contribution in [2.45, 2.75) is 13.8 Å². The Labute approximate surface area is 128 Å². The van der Waals surface area contributed by atoms with Gasteiger partial charge in [0, 0.05) is 3.57 Å². The van der Waals surface area contributed by atoms with E-state index in [0.29, 0.717) is 3.57 Å². The van der Waals surface area contributed by atoms with Gasteiger partial charge in [0.1, 0.15) is 11.7 Å². The van der Waals surface area contributed by atoms with Gasteiger partial charge in [0.25, 0.3) is 0 Å². The zero-order valence-electron chi connectivity index (χ0n) is 10.8. The number of carbonyl (C=O) groups is 3. The van der Waals surface area contributed by atoms with Crippen molar-refractivity contribution in [2.75, 3.05) is 4.90 Å². The first-order valence-electron chi connectivity index (χ1n) is 5.96. The van der Waals surface area contributed by atoms with Gasteiger partial charge in [-0.05, 0) is 46.7 Å². The minimum atomic E-state index is -0.923. The highest BCUT2D eigenvalue weighted by molar-refractivity contribution is 14.1.